The number of hydrogen-bond donors (Lipinski definition) is 1. The number of aryl methyl sites for hydroxylation is 1. The third-order valence-corrected chi connectivity index (χ3v) is 4.44. The summed E-state index contributed by atoms with van der Waals surface area (Å²) in [6.45, 7) is 4.69. The van der Waals surface area contributed by atoms with E-state index in [0.717, 1.165) is 29.9 Å². The third kappa shape index (κ3) is 3.61. The van der Waals surface area contributed by atoms with Gasteiger partial charge < -0.3 is 4.74 Å². The zero-order chi connectivity index (χ0) is 18.0. The summed E-state index contributed by atoms with van der Waals surface area (Å²) in [4.78, 5) is 42.5. The molecule has 1 N–H and O–H groups in total. The number of nitrogens with zero attached hydrogens (tertiary/aromatic N) is 2. The summed E-state index contributed by atoms with van der Waals surface area (Å²) < 4.78 is 5.51. The maximum Gasteiger partial charge on any atom is 0.335 e. The molecule has 0 bridgehead atoms. The Morgan fingerprint density at radius 1 is 1.28 bits per heavy atom. The molecule has 0 spiro atoms. The number of imide groups is 2. The quantitative estimate of drug-likeness (QED) is 0.667. The Morgan fingerprint density at radius 2 is 2.00 bits per heavy atom. The number of amides is 4. The van der Waals surface area contributed by atoms with Crippen molar-refractivity contribution in [2.75, 3.05) is 18.1 Å². The highest BCUT2D eigenvalue weighted by atomic mass is 16.5. The first-order valence-electron chi connectivity index (χ1n) is 8.35. The molecule has 0 aliphatic carbocycles. The number of carbonyl (C=O) groups excluding carboxylic acids is 3. The largest absolute Gasteiger partial charge is 0.376 e. The van der Waals surface area contributed by atoms with Crippen LogP contribution in [0.1, 0.15) is 25.3 Å². The van der Waals surface area contributed by atoms with Crippen LogP contribution in [-0.4, -0.2) is 42.8 Å². The number of nitrogens with one attached hydrogen (secondary N) is 1. The summed E-state index contributed by atoms with van der Waals surface area (Å²) in [5.74, 6) is -2.31. The van der Waals surface area contributed by atoms with Crippen molar-refractivity contribution in [3.05, 3.63) is 29.8 Å². The Labute approximate surface area is 146 Å². The summed E-state index contributed by atoms with van der Waals surface area (Å²) in [7, 11) is 0. The second-order valence-electron chi connectivity index (χ2n) is 6.35. The number of rotatable bonds is 4. The fraction of sp³-hybridized carbons (Fsp3) is 0.444. The SMILES string of the molecule is CC(=NCC1CCCO1)C1C(=O)NC(=O)N(c2ccc(C)cc2)C1=O. The standard InChI is InChI=1S/C18H21N3O4/c1-11-5-7-13(8-6-11)21-17(23)15(16(22)20-18(21)24)12(2)19-10-14-4-3-9-25-14/h5-8,14-15H,3-4,9-10H2,1-2H3,(H,20,22,24). The van der Waals surface area contributed by atoms with Crippen LogP contribution in [0, 0.1) is 12.8 Å². The first-order chi connectivity index (χ1) is 12.0. The molecule has 1 aromatic carbocycles. The summed E-state index contributed by atoms with van der Waals surface area (Å²) in [5.41, 5.74) is 1.83. The Morgan fingerprint density at radius 3 is 2.64 bits per heavy atom. The molecule has 1 aromatic rings. The molecule has 132 valence electrons. The lowest BCUT2D eigenvalue weighted by Gasteiger charge is -2.30. The van der Waals surface area contributed by atoms with Crippen LogP contribution in [0.25, 0.3) is 0 Å². The molecule has 2 aliphatic rings. The molecule has 2 aliphatic heterocycles. The van der Waals surface area contributed by atoms with Crippen molar-refractivity contribution >= 4 is 29.2 Å². The highest BCUT2D eigenvalue weighted by molar-refractivity contribution is 6.35. The summed E-state index contributed by atoms with van der Waals surface area (Å²) in [6.07, 6.45) is 1.96. The first-order valence-corrected chi connectivity index (χ1v) is 8.35. The van der Waals surface area contributed by atoms with Crippen LogP contribution < -0.4 is 10.2 Å². The van der Waals surface area contributed by atoms with Crippen molar-refractivity contribution < 1.29 is 19.1 Å². The van der Waals surface area contributed by atoms with E-state index in [0.29, 0.717) is 17.9 Å². The molecule has 4 amide bonds. The van der Waals surface area contributed by atoms with Gasteiger partial charge in [0.1, 0.15) is 0 Å². The van der Waals surface area contributed by atoms with Crippen LogP contribution in [0.15, 0.2) is 29.3 Å². The van der Waals surface area contributed by atoms with Crippen LogP contribution in [0.4, 0.5) is 10.5 Å². The molecule has 2 heterocycles. The maximum atomic E-state index is 12.8. The van der Waals surface area contributed by atoms with Gasteiger partial charge in [0.2, 0.25) is 5.91 Å². The lowest BCUT2D eigenvalue weighted by molar-refractivity contribution is -0.131. The third-order valence-electron chi connectivity index (χ3n) is 4.44. The number of anilines is 1. The minimum absolute atomic E-state index is 0.0338. The molecule has 0 radical (unpaired) electrons. The van der Waals surface area contributed by atoms with Crippen LogP contribution >= 0.6 is 0 Å². The minimum Gasteiger partial charge on any atom is -0.376 e. The van der Waals surface area contributed by atoms with Gasteiger partial charge in [-0.15, -0.1) is 0 Å². The highest BCUT2D eigenvalue weighted by Crippen LogP contribution is 2.22. The molecule has 7 nitrogen and oxygen atoms in total. The van der Waals surface area contributed by atoms with Gasteiger partial charge in [-0.2, -0.15) is 0 Å². The molecule has 7 heteroatoms. The highest BCUT2D eigenvalue weighted by Gasteiger charge is 2.42. The number of barbiturate groups is 1. The van der Waals surface area contributed by atoms with Gasteiger partial charge in [0.15, 0.2) is 5.92 Å². The average molecular weight is 343 g/mol. The minimum atomic E-state index is -1.10. The fourth-order valence-corrected chi connectivity index (χ4v) is 3.01. The lowest BCUT2D eigenvalue weighted by atomic mass is 9.99. The van der Waals surface area contributed by atoms with Crippen molar-refractivity contribution in [2.24, 2.45) is 10.9 Å². The Hall–Kier alpha value is -2.54. The summed E-state index contributed by atoms with van der Waals surface area (Å²) in [5, 5.41) is 2.25. The van der Waals surface area contributed by atoms with Crippen molar-refractivity contribution in [3.63, 3.8) is 0 Å². The smallest absolute Gasteiger partial charge is 0.335 e. The van der Waals surface area contributed by atoms with E-state index in [2.05, 4.69) is 10.3 Å². The van der Waals surface area contributed by atoms with Gasteiger partial charge in [0.05, 0.1) is 18.3 Å². The van der Waals surface area contributed by atoms with Crippen LogP contribution in [0.3, 0.4) is 0 Å². The molecule has 3 rings (SSSR count). The molecule has 25 heavy (non-hydrogen) atoms. The van der Waals surface area contributed by atoms with E-state index in [-0.39, 0.29) is 6.10 Å². The topological polar surface area (TPSA) is 88.1 Å². The second kappa shape index (κ2) is 7.14. The van der Waals surface area contributed by atoms with Gasteiger partial charge in [0.25, 0.3) is 5.91 Å². The summed E-state index contributed by atoms with van der Waals surface area (Å²) >= 11 is 0. The number of aliphatic imine (C=N–C) groups is 1. The molecule has 2 fully saturated rings. The number of carbonyl (C=O) groups is 3. The average Bonchev–Trinajstić information content (AvgIpc) is 3.07. The summed E-state index contributed by atoms with van der Waals surface area (Å²) in [6, 6.07) is 6.23. The fourth-order valence-electron chi connectivity index (χ4n) is 3.01. The number of urea groups is 1. The van der Waals surface area contributed by atoms with Crippen molar-refractivity contribution in [1.82, 2.24) is 5.32 Å². The molecular weight excluding hydrogens is 322 g/mol. The van der Waals surface area contributed by atoms with Crippen LogP contribution in [0.5, 0.6) is 0 Å². The molecular formula is C18H21N3O4. The van der Waals surface area contributed by atoms with Gasteiger partial charge in [0, 0.05) is 12.3 Å². The van der Waals surface area contributed by atoms with Crippen LogP contribution in [0.2, 0.25) is 0 Å². The van der Waals surface area contributed by atoms with Crippen LogP contribution in [-0.2, 0) is 14.3 Å². The zero-order valence-electron chi connectivity index (χ0n) is 14.3. The number of benzene rings is 1. The molecule has 2 atom stereocenters. The van der Waals surface area contributed by atoms with E-state index in [1.165, 1.54) is 0 Å². The monoisotopic (exact) mass is 343 g/mol. The Bertz CT molecular complexity index is 720. The van der Waals surface area contributed by atoms with E-state index >= 15 is 0 Å². The zero-order valence-corrected chi connectivity index (χ0v) is 14.3. The van der Waals surface area contributed by atoms with E-state index in [4.69, 9.17) is 4.74 Å². The molecule has 0 saturated carbocycles. The number of ether oxygens (including phenoxy) is 1. The molecule has 2 saturated heterocycles. The second-order valence-corrected chi connectivity index (χ2v) is 6.35. The van der Waals surface area contributed by atoms with E-state index in [1.54, 1.807) is 31.2 Å². The molecule has 2 unspecified atom stereocenters. The van der Waals surface area contributed by atoms with E-state index in [9.17, 15) is 14.4 Å². The van der Waals surface area contributed by atoms with Crippen molar-refractivity contribution in [1.29, 1.82) is 0 Å². The van der Waals surface area contributed by atoms with Gasteiger partial charge in [-0.3, -0.25) is 19.9 Å². The Balaban J connectivity index is 1.81. The van der Waals surface area contributed by atoms with Gasteiger partial charge in [-0.05, 0) is 38.8 Å². The van der Waals surface area contributed by atoms with Crippen molar-refractivity contribution in [2.45, 2.75) is 32.8 Å². The van der Waals surface area contributed by atoms with E-state index < -0.39 is 23.8 Å². The van der Waals surface area contributed by atoms with Gasteiger partial charge in [-0.25, -0.2) is 9.69 Å². The maximum absolute atomic E-state index is 12.8. The predicted molar refractivity (Wildman–Crippen MR) is 92.6 cm³/mol. The predicted octanol–water partition coefficient (Wildman–Crippen LogP) is 1.83. The lowest BCUT2D eigenvalue weighted by Crippen LogP contribution is -2.60. The normalized spacial score (nSPS) is 24.6. The van der Waals surface area contributed by atoms with Gasteiger partial charge in [-0.1, -0.05) is 17.7 Å². The van der Waals surface area contributed by atoms with Gasteiger partial charge >= 0.3 is 6.03 Å². The van der Waals surface area contributed by atoms with Crippen molar-refractivity contribution in [3.8, 4) is 0 Å². The van der Waals surface area contributed by atoms with E-state index in [1.807, 2.05) is 6.92 Å². The Kier molecular flexibility index (Phi) is 4.94. The number of hydrogen-bond acceptors (Lipinski definition) is 5. The molecule has 0 aromatic heterocycles. The first kappa shape index (κ1) is 17.3.